The number of rotatable bonds is 8. The van der Waals surface area contributed by atoms with Crippen LogP contribution in [0.4, 0.5) is 0 Å². The van der Waals surface area contributed by atoms with E-state index in [1.807, 2.05) is 26.0 Å². The zero-order valence-corrected chi connectivity index (χ0v) is 24.3. The fraction of sp³-hybridized carbons (Fsp3) is 0.235. The molecule has 0 saturated heterocycles. The maximum atomic E-state index is 11.8. The number of carboxylic acids is 2. The molecule has 4 aromatic heterocycles. The molecular formula is C34H34N4O4+2. The van der Waals surface area contributed by atoms with Gasteiger partial charge in [0.05, 0.1) is 20.1 Å². The molecule has 2 aliphatic rings. The van der Waals surface area contributed by atoms with Gasteiger partial charge in [0, 0.05) is 75.9 Å². The van der Waals surface area contributed by atoms with Crippen molar-refractivity contribution in [3.05, 3.63) is 88.5 Å². The van der Waals surface area contributed by atoms with E-state index in [1.54, 1.807) is 0 Å². The second-order valence-electron chi connectivity index (χ2n) is 11.1. The topological polar surface area (TPSA) is 114 Å². The first-order valence-electron chi connectivity index (χ1n) is 14.1. The Morgan fingerprint density at radius 3 is 1.93 bits per heavy atom. The minimum atomic E-state index is -0.864. The lowest BCUT2D eigenvalue weighted by atomic mass is 10.00. The van der Waals surface area contributed by atoms with Gasteiger partial charge in [0.1, 0.15) is 0 Å². The molecule has 6 rings (SSSR count). The van der Waals surface area contributed by atoms with Gasteiger partial charge >= 0.3 is 11.9 Å². The minimum absolute atomic E-state index is 0.0116. The number of nitrogens with zero attached hydrogens (tertiary/aromatic N) is 2. The van der Waals surface area contributed by atoms with Crippen LogP contribution in [0.3, 0.4) is 0 Å². The number of fused-ring (bicyclic) bond motifs is 4. The number of nitrogens with one attached hydrogen (secondary N) is 2. The first-order chi connectivity index (χ1) is 20.0. The van der Waals surface area contributed by atoms with Crippen molar-refractivity contribution in [3.8, 4) is 0 Å². The van der Waals surface area contributed by atoms with E-state index in [9.17, 15) is 19.8 Å². The van der Waals surface area contributed by atoms with E-state index in [2.05, 4.69) is 70.3 Å². The maximum absolute atomic E-state index is 11.8. The molecule has 212 valence electrons. The summed E-state index contributed by atoms with van der Waals surface area (Å²) in [7, 11) is 0. The number of allylic oxidation sites excluding steroid dienone is 5. The Morgan fingerprint density at radius 2 is 1.26 bits per heavy atom. The molecule has 6 heterocycles. The highest BCUT2D eigenvalue weighted by Gasteiger charge is 2.41. The highest BCUT2D eigenvalue weighted by molar-refractivity contribution is 5.96. The van der Waals surface area contributed by atoms with E-state index in [4.69, 9.17) is 0 Å². The molecule has 4 N–H and O–H groups in total. The van der Waals surface area contributed by atoms with Crippen LogP contribution in [0.15, 0.2) is 43.5 Å². The van der Waals surface area contributed by atoms with Gasteiger partial charge in [-0.1, -0.05) is 25.3 Å². The van der Waals surface area contributed by atoms with Gasteiger partial charge in [-0.15, -0.1) is 0 Å². The number of hydrogen-bond donors (Lipinski definition) is 4. The molecule has 4 aromatic rings. The molecule has 0 aromatic carbocycles. The van der Waals surface area contributed by atoms with E-state index in [1.165, 1.54) is 0 Å². The summed E-state index contributed by atoms with van der Waals surface area (Å²) in [4.78, 5) is 30.5. The molecule has 8 nitrogen and oxygen atoms in total. The summed E-state index contributed by atoms with van der Waals surface area (Å²) in [6.07, 6.45) is 4.46. The SMILES string of the molecule is C=CC1=C(C)c2cc3[nH]c(cc4[n+]5c(cc6[nH]c(cc1[n+]25)c(C)c6C=C)C(C)=C4CCC(=O)O)c(CCC(=O)O)c3C. The van der Waals surface area contributed by atoms with Crippen LogP contribution in [0.5, 0.6) is 0 Å². The molecule has 0 spiro atoms. The first kappa shape index (κ1) is 27.2. The lowest BCUT2D eigenvalue weighted by Crippen LogP contribution is -2.57. The van der Waals surface area contributed by atoms with Crippen molar-refractivity contribution in [3.63, 3.8) is 0 Å². The van der Waals surface area contributed by atoms with E-state index < -0.39 is 11.9 Å². The van der Waals surface area contributed by atoms with E-state index in [-0.39, 0.29) is 12.8 Å². The van der Waals surface area contributed by atoms with E-state index in [0.717, 1.165) is 89.4 Å². The smallest absolute Gasteiger partial charge is 0.303 e. The Bertz CT molecular complexity index is 2070. The largest absolute Gasteiger partial charge is 0.481 e. The van der Waals surface area contributed by atoms with Gasteiger partial charge in [-0.25, -0.2) is 0 Å². The third-order valence-electron chi connectivity index (χ3n) is 8.85. The Hall–Kier alpha value is -4.98. The predicted molar refractivity (Wildman–Crippen MR) is 164 cm³/mol. The molecule has 0 radical (unpaired) electrons. The van der Waals surface area contributed by atoms with Gasteiger partial charge in [0.2, 0.25) is 0 Å². The van der Waals surface area contributed by atoms with E-state index >= 15 is 0 Å². The Labute approximate surface area is 243 Å². The Kier molecular flexibility index (Phi) is 6.37. The molecule has 42 heavy (non-hydrogen) atoms. The van der Waals surface area contributed by atoms with Gasteiger partial charge in [0.25, 0.3) is 22.8 Å². The quantitative estimate of drug-likeness (QED) is 0.200. The highest BCUT2D eigenvalue weighted by atomic mass is 16.4. The van der Waals surface area contributed by atoms with Crippen LogP contribution < -0.4 is 9.03 Å². The van der Waals surface area contributed by atoms with Crippen LogP contribution in [-0.4, -0.2) is 32.1 Å². The summed E-state index contributed by atoms with van der Waals surface area (Å²) in [6, 6.07) is 8.45. The molecule has 4 bridgehead atoms. The predicted octanol–water partition coefficient (Wildman–Crippen LogP) is 5.91. The summed E-state index contributed by atoms with van der Waals surface area (Å²) in [5.41, 5.74) is 15.3. The number of aliphatic carboxylic acids is 2. The molecule has 2 aliphatic heterocycles. The van der Waals surface area contributed by atoms with E-state index in [0.29, 0.717) is 12.8 Å². The van der Waals surface area contributed by atoms with Crippen molar-refractivity contribution in [2.45, 2.75) is 53.4 Å². The van der Waals surface area contributed by atoms with Crippen LogP contribution in [0.2, 0.25) is 0 Å². The molecule has 8 heteroatoms. The summed E-state index contributed by atoms with van der Waals surface area (Å²) in [5, 5.41) is 19.1. The molecule has 0 atom stereocenters. The second-order valence-corrected chi connectivity index (χ2v) is 11.1. The van der Waals surface area contributed by atoms with Gasteiger partial charge in [-0.05, 0) is 57.2 Å². The standard InChI is InChI=1S/C34H32N4O4/c1-7-21-17(3)26-14-31-22(8-2)19(5)29-13-25-18(4)23(9-11-33(39)40)28(36-25)16-32-24(10-12-34(41)42)20(6)30(15-27(21)35-26)38(32)37(29)31/h7-8,13-16,35-36H,1-2,9-12H2,3-6H3/p+2. The third kappa shape index (κ3) is 3.97. The first-order valence-corrected chi connectivity index (χ1v) is 14.1. The minimum Gasteiger partial charge on any atom is -0.481 e. The summed E-state index contributed by atoms with van der Waals surface area (Å²) < 4.78 is 4.38. The van der Waals surface area contributed by atoms with Gasteiger partial charge < -0.3 is 20.2 Å². The number of aromatic nitrogens is 4. The fourth-order valence-electron chi connectivity index (χ4n) is 6.58. The van der Waals surface area contributed by atoms with Crippen LogP contribution >= 0.6 is 0 Å². The van der Waals surface area contributed by atoms with Crippen molar-refractivity contribution in [1.29, 1.82) is 0 Å². The monoisotopic (exact) mass is 562 g/mol. The zero-order valence-electron chi connectivity index (χ0n) is 24.3. The van der Waals surface area contributed by atoms with Crippen molar-refractivity contribution in [1.82, 2.24) is 9.97 Å². The van der Waals surface area contributed by atoms with Crippen LogP contribution in [-0.2, 0) is 16.0 Å². The summed E-state index contributed by atoms with van der Waals surface area (Å²) in [5.74, 6) is -1.72. The Morgan fingerprint density at radius 1 is 0.714 bits per heavy atom. The number of carboxylic acid groups (broad SMARTS) is 2. The normalized spacial score (nSPS) is 13.5. The van der Waals surface area contributed by atoms with Gasteiger partial charge in [-0.2, -0.15) is 0 Å². The van der Waals surface area contributed by atoms with Crippen LogP contribution in [0.25, 0.3) is 50.4 Å². The van der Waals surface area contributed by atoms with Crippen molar-refractivity contribution >= 4 is 62.4 Å². The molecule has 0 fully saturated rings. The lowest BCUT2D eigenvalue weighted by Gasteiger charge is -2.00. The second kappa shape index (κ2) is 9.83. The number of aryl methyl sites for hydroxylation is 3. The van der Waals surface area contributed by atoms with Crippen molar-refractivity contribution in [2.75, 3.05) is 0 Å². The average Bonchev–Trinajstić information content (AvgIpc) is 3.59. The summed E-state index contributed by atoms with van der Waals surface area (Å²) >= 11 is 0. The fourth-order valence-corrected chi connectivity index (χ4v) is 6.58. The van der Waals surface area contributed by atoms with Gasteiger partial charge in [-0.3, -0.25) is 9.59 Å². The molecular weight excluding hydrogens is 528 g/mol. The third-order valence-corrected chi connectivity index (χ3v) is 8.85. The number of H-pyrrole nitrogens is 2. The van der Waals surface area contributed by atoms with Gasteiger partial charge in [0.15, 0.2) is 0 Å². The molecule has 0 unspecified atom stereocenters. The van der Waals surface area contributed by atoms with Crippen LogP contribution in [0.1, 0.15) is 78.1 Å². The number of aromatic amines is 2. The Balaban J connectivity index is 1.90. The maximum Gasteiger partial charge on any atom is 0.303 e. The highest BCUT2D eigenvalue weighted by Crippen LogP contribution is 2.36. The van der Waals surface area contributed by atoms with Crippen LogP contribution in [0, 0.1) is 13.8 Å². The lowest BCUT2D eigenvalue weighted by molar-refractivity contribution is -1.13. The molecule has 0 aliphatic carbocycles. The number of carbonyl (C=O) groups is 2. The summed E-state index contributed by atoms with van der Waals surface area (Å²) in [6.45, 7) is 16.5. The number of hydrogen-bond acceptors (Lipinski definition) is 2. The molecule has 0 saturated carbocycles. The molecule has 0 amide bonds. The average molecular weight is 563 g/mol. The zero-order chi connectivity index (χ0) is 30.0. The van der Waals surface area contributed by atoms with Crippen molar-refractivity contribution < 1.29 is 28.8 Å². The van der Waals surface area contributed by atoms with Crippen molar-refractivity contribution in [2.24, 2.45) is 0 Å².